The van der Waals surface area contributed by atoms with Gasteiger partial charge in [0.1, 0.15) is 5.56 Å². The molecule has 1 fully saturated rings. The molecular weight excluding hydrogens is 192 g/mol. The number of aromatic carboxylic acids is 1. The van der Waals surface area contributed by atoms with E-state index in [4.69, 9.17) is 5.11 Å². The van der Waals surface area contributed by atoms with E-state index in [1.807, 2.05) is 0 Å². The van der Waals surface area contributed by atoms with E-state index >= 15 is 0 Å². The summed E-state index contributed by atoms with van der Waals surface area (Å²) in [5.41, 5.74) is 1.09. The van der Waals surface area contributed by atoms with Crippen LogP contribution in [0.25, 0.3) is 0 Å². The van der Waals surface area contributed by atoms with Gasteiger partial charge in [0.05, 0.1) is 5.69 Å². The van der Waals surface area contributed by atoms with Gasteiger partial charge in [-0.25, -0.2) is 4.79 Å². The van der Waals surface area contributed by atoms with Crippen molar-refractivity contribution in [2.75, 3.05) is 11.4 Å². The van der Waals surface area contributed by atoms with Crippen LogP contribution in [0.3, 0.4) is 0 Å². The summed E-state index contributed by atoms with van der Waals surface area (Å²) in [5.74, 6) is -0.905. The summed E-state index contributed by atoms with van der Waals surface area (Å²) in [6, 6.07) is 2.20. The summed E-state index contributed by atoms with van der Waals surface area (Å²) in [5, 5.41) is 9.05. The highest BCUT2D eigenvalue weighted by Crippen LogP contribution is 2.27. The minimum atomic E-state index is -0.905. The molecule has 4 heteroatoms. The fourth-order valence-corrected chi connectivity index (χ4v) is 2.09. The van der Waals surface area contributed by atoms with Crippen molar-refractivity contribution in [3.63, 3.8) is 0 Å². The predicted octanol–water partition coefficient (Wildman–Crippen LogP) is 1.77. The lowest BCUT2D eigenvalue weighted by Gasteiger charge is -2.24. The molecule has 4 nitrogen and oxygen atoms in total. The van der Waals surface area contributed by atoms with E-state index in [9.17, 15) is 4.79 Å². The van der Waals surface area contributed by atoms with Crippen LogP contribution >= 0.6 is 0 Å². The van der Waals surface area contributed by atoms with Crippen LogP contribution in [-0.2, 0) is 0 Å². The SMILES string of the molecule is CC1CCCN1c1ccncc1C(=O)O. The van der Waals surface area contributed by atoms with E-state index in [1.54, 1.807) is 12.3 Å². The Morgan fingerprint density at radius 2 is 2.47 bits per heavy atom. The Morgan fingerprint density at radius 3 is 3.07 bits per heavy atom. The van der Waals surface area contributed by atoms with Crippen molar-refractivity contribution in [2.45, 2.75) is 25.8 Å². The maximum absolute atomic E-state index is 11.0. The van der Waals surface area contributed by atoms with Gasteiger partial charge in [-0.2, -0.15) is 0 Å². The van der Waals surface area contributed by atoms with Crippen LogP contribution in [0.2, 0.25) is 0 Å². The van der Waals surface area contributed by atoms with Crippen LogP contribution in [0.15, 0.2) is 18.5 Å². The zero-order valence-corrected chi connectivity index (χ0v) is 8.68. The van der Waals surface area contributed by atoms with Gasteiger partial charge < -0.3 is 10.0 Å². The normalized spacial score (nSPS) is 20.6. The van der Waals surface area contributed by atoms with Gasteiger partial charge in [0.15, 0.2) is 0 Å². The molecule has 1 saturated heterocycles. The minimum absolute atomic E-state index is 0.297. The number of pyridine rings is 1. The molecule has 0 aliphatic carbocycles. The van der Waals surface area contributed by atoms with Gasteiger partial charge in [-0.05, 0) is 25.8 Å². The fraction of sp³-hybridized carbons (Fsp3) is 0.455. The third-order valence-corrected chi connectivity index (χ3v) is 2.89. The van der Waals surface area contributed by atoms with Crippen LogP contribution in [0.5, 0.6) is 0 Å². The van der Waals surface area contributed by atoms with E-state index in [0.717, 1.165) is 25.1 Å². The Bertz CT molecular complexity index is 379. The standard InChI is InChI=1S/C11H14N2O2/c1-8-3-2-6-13(8)10-4-5-12-7-9(10)11(14)15/h4-5,7-8H,2-3,6H2,1H3,(H,14,15). The number of carboxylic acid groups (broad SMARTS) is 1. The van der Waals surface area contributed by atoms with E-state index < -0.39 is 5.97 Å². The molecule has 0 radical (unpaired) electrons. The zero-order chi connectivity index (χ0) is 10.8. The number of carbonyl (C=O) groups is 1. The highest BCUT2D eigenvalue weighted by Gasteiger charge is 2.24. The van der Waals surface area contributed by atoms with Crippen LogP contribution in [0, 0.1) is 0 Å². The summed E-state index contributed by atoms with van der Waals surface area (Å²) in [6.45, 7) is 3.06. The van der Waals surface area contributed by atoms with Crippen molar-refractivity contribution in [3.8, 4) is 0 Å². The van der Waals surface area contributed by atoms with E-state index in [-0.39, 0.29) is 0 Å². The van der Waals surface area contributed by atoms with Crippen molar-refractivity contribution < 1.29 is 9.90 Å². The second kappa shape index (κ2) is 3.88. The first-order valence-corrected chi connectivity index (χ1v) is 5.14. The molecule has 2 rings (SSSR count). The highest BCUT2D eigenvalue weighted by atomic mass is 16.4. The molecule has 1 aromatic heterocycles. The third-order valence-electron chi connectivity index (χ3n) is 2.89. The average Bonchev–Trinajstić information content (AvgIpc) is 2.64. The molecule has 15 heavy (non-hydrogen) atoms. The first kappa shape index (κ1) is 9.96. The van der Waals surface area contributed by atoms with Crippen molar-refractivity contribution >= 4 is 11.7 Å². The topological polar surface area (TPSA) is 53.4 Å². The predicted molar refractivity (Wildman–Crippen MR) is 57.2 cm³/mol. The summed E-state index contributed by atoms with van der Waals surface area (Å²) < 4.78 is 0. The largest absolute Gasteiger partial charge is 0.478 e. The molecule has 0 saturated carbocycles. The number of nitrogens with zero attached hydrogens (tertiary/aromatic N) is 2. The molecule has 80 valence electrons. The Labute approximate surface area is 88.6 Å². The molecule has 1 aliphatic rings. The monoisotopic (exact) mass is 206 g/mol. The molecular formula is C11H14N2O2. The Balaban J connectivity index is 2.38. The summed E-state index contributed by atoms with van der Waals surface area (Å²) in [7, 11) is 0. The lowest BCUT2D eigenvalue weighted by atomic mass is 10.2. The van der Waals surface area contributed by atoms with Gasteiger partial charge >= 0.3 is 5.97 Å². The third kappa shape index (κ3) is 1.79. The van der Waals surface area contributed by atoms with Crippen LogP contribution < -0.4 is 4.90 Å². The van der Waals surface area contributed by atoms with Crippen LogP contribution in [0.4, 0.5) is 5.69 Å². The number of hydrogen-bond acceptors (Lipinski definition) is 3. The number of rotatable bonds is 2. The van der Waals surface area contributed by atoms with Crippen LogP contribution in [0.1, 0.15) is 30.1 Å². The number of carboxylic acids is 1. The van der Waals surface area contributed by atoms with Gasteiger partial charge in [0.25, 0.3) is 0 Å². The summed E-state index contributed by atoms with van der Waals surface area (Å²) in [4.78, 5) is 17.0. The smallest absolute Gasteiger partial charge is 0.339 e. The molecule has 1 N–H and O–H groups in total. The van der Waals surface area contributed by atoms with E-state index in [2.05, 4.69) is 16.8 Å². The molecule has 1 aromatic rings. The first-order chi connectivity index (χ1) is 7.20. The highest BCUT2D eigenvalue weighted by molar-refractivity contribution is 5.94. The van der Waals surface area contributed by atoms with Gasteiger partial charge in [0.2, 0.25) is 0 Å². The second-order valence-corrected chi connectivity index (χ2v) is 3.88. The van der Waals surface area contributed by atoms with Gasteiger partial charge in [-0.1, -0.05) is 0 Å². The van der Waals surface area contributed by atoms with Gasteiger partial charge in [-0.3, -0.25) is 4.98 Å². The number of anilines is 1. The Hall–Kier alpha value is -1.58. The maximum Gasteiger partial charge on any atom is 0.339 e. The molecule has 1 atom stereocenters. The Morgan fingerprint density at radius 1 is 1.67 bits per heavy atom. The lowest BCUT2D eigenvalue weighted by Crippen LogP contribution is -2.28. The quantitative estimate of drug-likeness (QED) is 0.801. The maximum atomic E-state index is 11.0. The first-order valence-electron chi connectivity index (χ1n) is 5.14. The van der Waals surface area contributed by atoms with Crippen molar-refractivity contribution in [2.24, 2.45) is 0 Å². The molecule has 0 spiro atoms. The molecule has 0 aromatic carbocycles. The Kier molecular flexibility index (Phi) is 2.58. The van der Waals surface area contributed by atoms with Gasteiger partial charge in [0, 0.05) is 25.0 Å². The minimum Gasteiger partial charge on any atom is -0.478 e. The fourth-order valence-electron chi connectivity index (χ4n) is 2.09. The molecule has 1 unspecified atom stereocenters. The molecule has 0 bridgehead atoms. The zero-order valence-electron chi connectivity index (χ0n) is 8.68. The second-order valence-electron chi connectivity index (χ2n) is 3.88. The van der Waals surface area contributed by atoms with Gasteiger partial charge in [-0.15, -0.1) is 0 Å². The van der Waals surface area contributed by atoms with E-state index in [0.29, 0.717) is 11.6 Å². The summed E-state index contributed by atoms with van der Waals surface area (Å²) >= 11 is 0. The van der Waals surface area contributed by atoms with Crippen molar-refractivity contribution in [1.82, 2.24) is 4.98 Å². The number of hydrogen-bond donors (Lipinski definition) is 1. The van der Waals surface area contributed by atoms with Crippen molar-refractivity contribution in [3.05, 3.63) is 24.0 Å². The molecule has 2 heterocycles. The van der Waals surface area contributed by atoms with Crippen LogP contribution in [-0.4, -0.2) is 28.6 Å². The molecule has 0 amide bonds. The summed E-state index contributed by atoms with van der Waals surface area (Å²) in [6.07, 6.45) is 5.32. The average molecular weight is 206 g/mol. The van der Waals surface area contributed by atoms with Crippen molar-refractivity contribution in [1.29, 1.82) is 0 Å². The number of aromatic nitrogens is 1. The molecule has 1 aliphatic heterocycles. The van der Waals surface area contributed by atoms with E-state index in [1.165, 1.54) is 6.20 Å². The lowest BCUT2D eigenvalue weighted by molar-refractivity contribution is 0.0697.